The van der Waals surface area contributed by atoms with Crippen LogP contribution in [-0.4, -0.2) is 20.3 Å². The minimum absolute atomic E-state index is 0.469. The highest BCUT2D eigenvalue weighted by atomic mass is 16.5. The second-order valence-corrected chi connectivity index (χ2v) is 3.82. The van der Waals surface area contributed by atoms with Crippen LogP contribution >= 0.6 is 0 Å². The van der Waals surface area contributed by atoms with Gasteiger partial charge >= 0.3 is 0 Å². The quantitative estimate of drug-likeness (QED) is 0.795. The second-order valence-electron chi connectivity index (χ2n) is 3.82. The molecule has 3 nitrogen and oxygen atoms in total. The lowest BCUT2D eigenvalue weighted by molar-refractivity contribution is -0.415. The van der Waals surface area contributed by atoms with Crippen LogP contribution < -0.4 is 15.2 Å². The second kappa shape index (κ2) is 5.61. The Labute approximate surface area is 91.2 Å². The molecule has 3 heteroatoms. The molecule has 1 atom stereocenters. The molecule has 0 amide bonds. The Hall–Kier alpha value is -1.22. The number of methoxy groups -OCH3 is 2. The summed E-state index contributed by atoms with van der Waals surface area (Å²) < 4.78 is 10.5. The maximum Gasteiger partial charge on any atom is 0.125 e. The van der Waals surface area contributed by atoms with Crippen LogP contribution in [0.2, 0.25) is 0 Å². The number of ether oxygens (including phenoxy) is 2. The summed E-state index contributed by atoms with van der Waals surface area (Å²) in [5, 5.41) is 0. The van der Waals surface area contributed by atoms with Gasteiger partial charge in [0.25, 0.3) is 0 Å². The SMILES string of the molecule is COc1ccc(CC[C@@H](C)[NH3+])c(OC)c1. The van der Waals surface area contributed by atoms with E-state index in [1.807, 2.05) is 12.1 Å². The van der Waals surface area contributed by atoms with E-state index in [1.54, 1.807) is 14.2 Å². The summed E-state index contributed by atoms with van der Waals surface area (Å²) in [6.45, 7) is 2.12. The average Bonchev–Trinajstić information content (AvgIpc) is 2.25. The summed E-state index contributed by atoms with van der Waals surface area (Å²) in [4.78, 5) is 0. The van der Waals surface area contributed by atoms with Crippen molar-refractivity contribution in [2.24, 2.45) is 0 Å². The van der Waals surface area contributed by atoms with Crippen LogP contribution in [0.5, 0.6) is 11.5 Å². The Bertz CT molecular complexity index is 310. The number of benzene rings is 1. The van der Waals surface area contributed by atoms with Crippen molar-refractivity contribution < 1.29 is 15.2 Å². The van der Waals surface area contributed by atoms with Crippen LogP contribution in [0.1, 0.15) is 18.9 Å². The molecule has 0 bridgehead atoms. The van der Waals surface area contributed by atoms with Crippen LogP contribution in [0.25, 0.3) is 0 Å². The van der Waals surface area contributed by atoms with Gasteiger partial charge in [0, 0.05) is 12.5 Å². The predicted octanol–water partition coefficient (Wildman–Crippen LogP) is 1.27. The van der Waals surface area contributed by atoms with Crippen molar-refractivity contribution in [2.75, 3.05) is 14.2 Å². The molecule has 0 aliphatic heterocycles. The molecule has 0 saturated heterocycles. The van der Waals surface area contributed by atoms with Crippen molar-refractivity contribution in [3.05, 3.63) is 23.8 Å². The van der Waals surface area contributed by atoms with Gasteiger partial charge in [0.2, 0.25) is 0 Å². The summed E-state index contributed by atoms with van der Waals surface area (Å²) in [5.41, 5.74) is 5.19. The predicted molar refractivity (Wildman–Crippen MR) is 60.2 cm³/mol. The Morgan fingerprint density at radius 2 is 2.00 bits per heavy atom. The zero-order valence-electron chi connectivity index (χ0n) is 9.75. The maximum atomic E-state index is 5.32. The van der Waals surface area contributed by atoms with E-state index in [0.29, 0.717) is 6.04 Å². The van der Waals surface area contributed by atoms with E-state index < -0.39 is 0 Å². The normalized spacial score (nSPS) is 12.3. The fourth-order valence-electron chi connectivity index (χ4n) is 1.46. The smallest absolute Gasteiger partial charge is 0.125 e. The molecular weight excluding hydrogens is 190 g/mol. The minimum Gasteiger partial charge on any atom is -0.497 e. The average molecular weight is 210 g/mol. The third-order valence-corrected chi connectivity index (χ3v) is 2.40. The first kappa shape index (κ1) is 11.9. The zero-order valence-corrected chi connectivity index (χ0v) is 9.75. The molecule has 15 heavy (non-hydrogen) atoms. The lowest BCUT2D eigenvalue weighted by Gasteiger charge is -2.10. The van der Waals surface area contributed by atoms with Gasteiger partial charge in [0.15, 0.2) is 0 Å². The van der Waals surface area contributed by atoms with Gasteiger partial charge in [-0.05, 0) is 25.0 Å². The summed E-state index contributed by atoms with van der Waals surface area (Å²) >= 11 is 0. The van der Waals surface area contributed by atoms with E-state index in [2.05, 4.69) is 18.7 Å². The summed E-state index contributed by atoms with van der Waals surface area (Å²) in [7, 11) is 3.35. The van der Waals surface area contributed by atoms with Gasteiger partial charge < -0.3 is 15.2 Å². The molecule has 1 aromatic rings. The Balaban J connectivity index is 2.78. The Morgan fingerprint density at radius 3 is 2.53 bits per heavy atom. The standard InChI is InChI=1S/C12H19NO2/c1-9(13)4-5-10-6-7-11(14-2)8-12(10)15-3/h6-9H,4-5,13H2,1-3H3/p+1/t9-/m1/s1. The van der Waals surface area contributed by atoms with Crippen molar-refractivity contribution in [3.8, 4) is 11.5 Å². The fraction of sp³-hybridized carbons (Fsp3) is 0.500. The van der Waals surface area contributed by atoms with E-state index in [4.69, 9.17) is 9.47 Å². The van der Waals surface area contributed by atoms with Crippen molar-refractivity contribution in [3.63, 3.8) is 0 Å². The highest BCUT2D eigenvalue weighted by molar-refractivity contribution is 5.40. The number of hydrogen-bond acceptors (Lipinski definition) is 2. The number of aryl methyl sites for hydroxylation is 1. The molecule has 0 saturated carbocycles. The lowest BCUT2D eigenvalue weighted by atomic mass is 10.1. The third-order valence-electron chi connectivity index (χ3n) is 2.40. The van der Waals surface area contributed by atoms with Crippen LogP contribution in [0, 0.1) is 0 Å². The first-order chi connectivity index (χ1) is 7.17. The minimum atomic E-state index is 0.469. The molecule has 0 spiro atoms. The van der Waals surface area contributed by atoms with E-state index >= 15 is 0 Å². The summed E-state index contributed by atoms with van der Waals surface area (Å²) in [5.74, 6) is 1.73. The Morgan fingerprint density at radius 1 is 1.27 bits per heavy atom. The molecular formula is C12H20NO2+. The van der Waals surface area contributed by atoms with Gasteiger partial charge in [-0.3, -0.25) is 0 Å². The highest BCUT2D eigenvalue weighted by Crippen LogP contribution is 2.25. The van der Waals surface area contributed by atoms with Gasteiger partial charge in [-0.1, -0.05) is 6.07 Å². The number of quaternary nitrogens is 1. The van der Waals surface area contributed by atoms with Crippen molar-refractivity contribution in [2.45, 2.75) is 25.8 Å². The van der Waals surface area contributed by atoms with Gasteiger partial charge in [-0.15, -0.1) is 0 Å². The van der Waals surface area contributed by atoms with Crippen molar-refractivity contribution in [1.29, 1.82) is 0 Å². The van der Waals surface area contributed by atoms with E-state index in [1.165, 1.54) is 5.56 Å². The molecule has 0 aromatic heterocycles. The summed E-state index contributed by atoms with van der Waals surface area (Å²) in [6, 6.07) is 6.41. The van der Waals surface area contributed by atoms with Crippen molar-refractivity contribution >= 4 is 0 Å². The molecule has 0 fully saturated rings. The molecule has 0 aliphatic carbocycles. The maximum absolute atomic E-state index is 5.32. The monoisotopic (exact) mass is 210 g/mol. The van der Waals surface area contributed by atoms with Crippen LogP contribution in [0.3, 0.4) is 0 Å². The number of hydrogen-bond donors (Lipinski definition) is 1. The van der Waals surface area contributed by atoms with Gasteiger partial charge in [0.05, 0.1) is 20.3 Å². The molecule has 84 valence electrons. The van der Waals surface area contributed by atoms with Crippen LogP contribution in [0.4, 0.5) is 0 Å². The topological polar surface area (TPSA) is 46.1 Å². The van der Waals surface area contributed by atoms with Gasteiger partial charge in [-0.2, -0.15) is 0 Å². The molecule has 1 rings (SSSR count). The lowest BCUT2D eigenvalue weighted by Crippen LogP contribution is -2.59. The van der Waals surface area contributed by atoms with Gasteiger partial charge in [-0.25, -0.2) is 0 Å². The van der Waals surface area contributed by atoms with Gasteiger partial charge in [0.1, 0.15) is 11.5 Å². The van der Waals surface area contributed by atoms with E-state index in [9.17, 15) is 0 Å². The Kier molecular flexibility index (Phi) is 4.43. The third kappa shape index (κ3) is 3.44. The molecule has 3 N–H and O–H groups in total. The fourth-order valence-corrected chi connectivity index (χ4v) is 1.46. The first-order valence-electron chi connectivity index (χ1n) is 5.21. The molecule has 0 aliphatic rings. The number of rotatable bonds is 5. The first-order valence-corrected chi connectivity index (χ1v) is 5.21. The molecule has 1 aromatic carbocycles. The zero-order chi connectivity index (χ0) is 11.3. The molecule has 0 heterocycles. The van der Waals surface area contributed by atoms with E-state index in [0.717, 1.165) is 24.3 Å². The largest absolute Gasteiger partial charge is 0.497 e. The van der Waals surface area contributed by atoms with Crippen molar-refractivity contribution in [1.82, 2.24) is 0 Å². The van der Waals surface area contributed by atoms with E-state index in [-0.39, 0.29) is 0 Å². The van der Waals surface area contributed by atoms with Crippen LogP contribution in [-0.2, 0) is 6.42 Å². The highest BCUT2D eigenvalue weighted by Gasteiger charge is 2.06. The molecule has 0 radical (unpaired) electrons. The summed E-state index contributed by atoms with van der Waals surface area (Å²) in [6.07, 6.45) is 2.07. The molecule has 0 unspecified atom stereocenters. The van der Waals surface area contributed by atoms with Crippen LogP contribution in [0.15, 0.2) is 18.2 Å².